The standard InChI is InChI=1S/C5H11BO2.Pd/c1-2-3-4-5-6(7)8;/h2-5H2,1H3;/q-2;+2. The zero-order valence-electron chi connectivity index (χ0n) is 5.54. The van der Waals surface area contributed by atoms with Crippen molar-refractivity contribution in [3.8, 4) is 0 Å². The molecule has 4 heteroatoms. The van der Waals surface area contributed by atoms with Gasteiger partial charge in [0.1, 0.15) is 0 Å². The number of rotatable bonds is 4. The molecule has 0 radical (unpaired) electrons. The molecule has 0 saturated heterocycles. The van der Waals surface area contributed by atoms with Gasteiger partial charge in [-0.15, -0.1) is 13.4 Å². The molecule has 0 unspecified atom stereocenters. The fourth-order valence-electron chi connectivity index (χ4n) is 0.561. The zero-order chi connectivity index (χ0) is 6.41. The normalized spacial score (nSPS) is 8.33. The molecule has 0 heterocycles. The Bertz CT molecular complexity index is 52.2. The van der Waals surface area contributed by atoms with Gasteiger partial charge in [-0.2, -0.15) is 0 Å². The molecule has 0 bridgehead atoms. The zero-order valence-corrected chi connectivity index (χ0v) is 7.09. The van der Waals surface area contributed by atoms with Crippen LogP contribution in [-0.2, 0) is 20.4 Å². The molecule has 9 heavy (non-hydrogen) atoms. The van der Waals surface area contributed by atoms with Gasteiger partial charge in [0, 0.05) is 0 Å². The van der Waals surface area contributed by atoms with Crippen molar-refractivity contribution in [2.45, 2.75) is 32.5 Å². The van der Waals surface area contributed by atoms with E-state index >= 15 is 0 Å². The maximum absolute atomic E-state index is 9.85. The van der Waals surface area contributed by atoms with Gasteiger partial charge in [0.05, 0.1) is 0 Å². The van der Waals surface area contributed by atoms with Crippen molar-refractivity contribution in [2.75, 3.05) is 0 Å². The van der Waals surface area contributed by atoms with Gasteiger partial charge < -0.3 is 10.0 Å². The monoisotopic (exact) mass is 220 g/mol. The summed E-state index contributed by atoms with van der Waals surface area (Å²) < 4.78 is 0. The number of hydrogen-bond acceptors (Lipinski definition) is 2. The first-order chi connectivity index (χ1) is 3.77. The van der Waals surface area contributed by atoms with E-state index in [1.165, 1.54) is 0 Å². The molecule has 0 saturated carbocycles. The second-order valence-corrected chi connectivity index (χ2v) is 1.93. The van der Waals surface area contributed by atoms with Crippen LogP contribution >= 0.6 is 0 Å². The smallest absolute Gasteiger partial charge is 0.893 e. The number of unbranched alkanes of at least 4 members (excludes halogenated alkanes) is 2. The van der Waals surface area contributed by atoms with Gasteiger partial charge in [0.25, 0.3) is 0 Å². The van der Waals surface area contributed by atoms with Gasteiger partial charge in [-0.3, -0.25) is 0 Å². The second-order valence-electron chi connectivity index (χ2n) is 1.93. The molecule has 0 N–H and O–H groups in total. The Morgan fingerprint density at radius 3 is 2.11 bits per heavy atom. The van der Waals surface area contributed by atoms with Gasteiger partial charge in [-0.1, -0.05) is 26.2 Å². The van der Waals surface area contributed by atoms with Crippen molar-refractivity contribution in [1.29, 1.82) is 0 Å². The second kappa shape index (κ2) is 8.65. The van der Waals surface area contributed by atoms with Crippen LogP contribution in [0.25, 0.3) is 0 Å². The Hall–Kier alpha value is 0.647. The van der Waals surface area contributed by atoms with Crippen LogP contribution in [0.5, 0.6) is 0 Å². The van der Waals surface area contributed by atoms with Crippen molar-refractivity contribution in [3.63, 3.8) is 0 Å². The van der Waals surface area contributed by atoms with E-state index in [4.69, 9.17) is 0 Å². The first kappa shape index (κ1) is 12.3. The third kappa shape index (κ3) is 12.0. The maximum Gasteiger partial charge on any atom is 2.00 e. The Morgan fingerprint density at radius 1 is 1.22 bits per heavy atom. The minimum absolute atomic E-state index is 0. The first-order valence-corrected chi connectivity index (χ1v) is 3.09. The fraction of sp³-hybridized carbons (Fsp3) is 1.00. The Labute approximate surface area is 70.5 Å². The predicted molar refractivity (Wildman–Crippen MR) is 30.1 cm³/mol. The molecule has 0 fully saturated rings. The van der Waals surface area contributed by atoms with Crippen molar-refractivity contribution < 1.29 is 30.5 Å². The third-order valence-electron chi connectivity index (χ3n) is 1.04. The first-order valence-electron chi connectivity index (χ1n) is 3.09. The van der Waals surface area contributed by atoms with Gasteiger partial charge in [-0.25, -0.2) is 0 Å². The molecule has 56 valence electrons. The van der Waals surface area contributed by atoms with Crippen molar-refractivity contribution in [3.05, 3.63) is 0 Å². The van der Waals surface area contributed by atoms with Gasteiger partial charge in [0.15, 0.2) is 0 Å². The van der Waals surface area contributed by atoms with Crippen LogP contribution in [0, 0.1) is 0 Å². The predicted octanol–water partition coefficient (Wildman–Crippen LogP) is -0.617. The summed E-state index contributed by atoms with van der Waals surface area (Å²) in [5, 5.41) is 19.7. The molecule has 0 atom stereocenters. The van der Waals surface area contributed by atoms with E-state index in [0.29, 0.717) is 6.32 Å². The summed E-state index contributed by atoms with van der Waals surface area (Å²) in [6, 6.07) is 0. The largest absolute Gasteiger partial charge is 2.00 e. The number of hydrogen-bond donors (Lipinski definition) is 0. The topological polar surface area (TPSA) is 46.1 Å². The van der Waals surface area contributed by atoms with Gasteiger partial charge in [-0.05, 0) is 0 Å². The minimum atomic E-state index is -1.60. The molecule has 0 aromatic heterocycles. The van der Waals surface area contributed by atoms with Crippen LogP contribution in [0.4, 0.5) is 0 Å². The average molecular weight is 220 g/mol. The molecule has 0 aliphatic rings. The molecular formula is C5H11BO2Pd. The van der Waals surface area contributed by atoms with Crippen LogP contribution < -0.4 is 10.0 Å². The maximum atomic E-state index is 9.85. The summed E-state index contributed by atoms with van der Waals surface area (Å²) in [6.45, 7) is 2.05. The van der Waals surface area contributed by atoms with E-state index in [0.717, 1.165) is 19.3 Å². The van der Waals surface area contributed by atoms with Crippen molar-refractivity contribution in [2.24, 2.45) is 0 Å². The fourth-order valence-corrected chi connectivity index (χ4v) is 0.561. The van der Waals surface area contributed by atoms with E-state index in [2.05, 4.69) is 0 Å². The van der Waals surface area contributed by atoms with Crippen LogP contribution in [0.3, 0.4) is 0 Å². The molecule has 2 nitrogen and oxygen atoms in total. The summed E-state index contributed by atoms with van der Waals surface area (Å²) >= 11 is 0. The van der Waals surface area contributed by atoms with E-state index in [-0.39, 0.29) is 20.4 Å². The molecular weight excluding hydrogens is 209 g/mol. The van der Waals surface area contributed by atoms with E-state index in [1.807, 2.05) is 6.92 Å². The van der Waals surface area contributed by atoms with Gasteiger partial charge >= 0.3 is 20.4 Å². The van der Waals surface area contributed by atoms with Crippen LogP contribution in [0.2, 0.25) is 6.32 Å². The molecule has 0 amide bonds. The quantitative estimate of drug-likeness (QED) is 0.468. The average Bonchev–Trinajstić information content (AvgIpc) is 1.66. The Morgan fingerprint density at radius 2 is 1.78 bits per heavy atom. The molecule has 0 aliphatic carbocycles. The summed E-state index contributed by atoms with van der Waals surface area (Å²) in [6.07, 6.45) is 3.19. The van der Waals surface area contributed by atoms with Gasteiger partial charge in [0.2, 0.25) is 0 Å². The summed E-state index contributed by atoms with van der Waals surface area (Å²) in [5.74, 6) is 0. The van der Waals surface area contributed by atoms with E-state index < -0.39 is 7.12 Å². The molecule has 0 aromatic carbocycles. The minimum Gasteiger partial charge on any atom is -0.893 e. The summed E-state index contributed by atoms with van der Waals surface area (Å²) in [7, 11) is -1.60. The van der Waals surface area contributed by atoms with Crippen molar-refractivity contribution in [1.82, 2.24) is 0 Å². The molecule has 0 aliphatic heterocycles. The third-order valence-corrected chi connectivity index (χ3v) is 1.04. The molecule has 0 aromatic rings. The summed E-state index contributed by atoms with van der Waals surface area (Å²) in [4.78, 5) is 0. The molecule has 0 spiro atoms. The Kier molecular flexibility index (Phi) is 11.9. The van der Waals surface area contributed by atoms with E-state index in [1.54, 1.807) is 0 Å². The van der Waals surface area contributed by atoms with Crippen molar-refractivity contribution >= 4 is 7.12 Å². The SMILES string of the molecule is CCCCCB([O-])[O-].[Pd+2]. The van der Waals surface area contributed by atoms with Crippen LogP contribution in [0.15, 0.2) is 0 Å². The Balaban J connectivity index is 0. The van der Waals surface area contributed by atoms with Crippen LogP contribution in [0.1, 0.15) is 26.2 Å². The van der Waals surface area contributed by atoms with E-state index in [9.17, 15) is 10.0 Å². The molecule has 0 rings (SSSR count). The van der Waals surface area contributed by atoms with Crippen LogP contribution in [-0.4, -0.2) is 7.12 Å². The summed E-state index contributed by atoms with van der Waals surface area (Å²) in [5.41, 5.74) is 0.